The van der Waals surface area contributed by atoms with Crippen LogP contribution in [0.4, 0.5) is 4.79 Å². The highest BCUT2D eigenvalue weighted by Gasteiger charge is 2.28. The molecule has 0 atom stereocenters. The summed E-state index contributed by atoms with van der Waals surface area (Å²) in [6.07, 6.45) is 3.37. The van der Waals surface area contributed by atoms with Crippen LogP contribution in [0.3, 0.4) is 0 Å². The molecular formula is C19H27N3O4. The molecule has 1 aromatic rings. The van der Waals surface area contributed by atoms with E-state index in [9.17, 15) is 9.59 Å². The standard InChI is InChI=1S/C19H27N3O4/c1-25-16-12-15(13-17(14-16)26-2)18(23)20-8-10-22(11-9-20)19(24)21-6-4-3-5-7-21/h12-14H,3-11H2,1-2H3. The number of piperazine rings is 1. The Hall–Kier alpha value is -2.44. The number of rotatable bonds is 3. The van der Waals surface area contributed by atoms with Crippen molar-refractivity contribution in [2.45, 2.75) is 19.3 Å². The molecule has 142 valence electrons. The molecule has 7 nitrogen and oxygen atoms in total. The quantitative estimate of drug-likeness (QED) is 0.827. The van der Waals surface area contributed by atoms with E-state index in [-0.39, 0.29) is 11.9 Å². The summed E-state index contributed by atoms with van der Waals surface area (Å²) in [5.74, 6) is 1.12. The molecule has 0 saturated carbocycles. The van der Waals surface area contributed by atoms with E-state index < -0.39 is 0 Å². The molecule has 2 saturated heterocycles. The molecular weight excluding hydrogens is 334 g/mol. The molecule has 0 bridgehead atoms. The summed E-state index contributed by atoms with van der Waals surface area (Å²) in [5, 5.41) is 0. The van der Waals surface area contributed by atoms with Gasteiger partial charge in [0.2, 0.25) is 0 Å². The Labute approximate surface area is 154 Å². The third kappa shape index (κ3) is 4.03. The fourth-order valence-corrected chi connectivity index (χ4v) is 3.50. The molecule has 0 unspecified atom stereocenters. The van der Waals surface area contributed by atoms with Gasteiger partial charge in [0.15, 0.2) is 0 Å². The Morgan fingerprint density at radius 3 is 1.77 bits per heavy atom. The van der Waals surface area contributed by atoms with E-state index in [1.165, 1.54) is 6.42 Å². The number of carbonyl (C=O) groups is 2. The molecule has 1 aromatic carbocycles. The van der Waals surface area contributed by atoms with Crippen molar-refractivity contribution < 1.29 is 19.1 Å². The van der Waals surface area contributed by atoms with Gasteiger partial charge in [0.05, 0.1) is 14.2 Å². The summed E-state index contributed by atoms with van der Waals surface area (Å²) in [6.45, 7) is 3.92. The average Bonchev–Trinajstić information content (AvgIpc) is 2.73. The van der Waals surface area contributed by atoms with Crippen LogP contribution in [0.2, 0.25) is 0 Å². The highest BCUT2D eigenvalue weighted by molar-refractivity contribution is 5.95. The van der Waals surface area contributed by atoms with Crippen molar-refractivity contribution in [2.24, 2.45) is 0 Å². The van der Waals surface area contributed by atoms with Gasteiger partial charge in [-0.3, -0.25) is 4.79 Å². The summed E-state index contributed by atoms with van der Waals surface area (Å²) < 4.78 is 10.5. The highest BCUT2D eigenvalue weighted by Crippen LogP contribution is 2.24. The molecule has 0 aliphatic carbocycles. The zero-order valence-corrected chi connectivity index (χ0v) is 15.6. The van der Waals surface area contributed by atoms with E-state index in [1.807, 2.05) is 9.80 Å². The van der Waals surface area contributed by atoms with Gasteiger partial charge in [-0.1, -0.05) is 0 Å². The number of piperidine rings is 1. The lowest BCUT2D eigenvalue weighted by atomic mass is 10.1. The van der Waals surface area contributed by atoms with Crippen LogP contribution in [-0.4, -0.2) is 80.1 Å². The Bertz CT molecular complexity index is 628. The van der Waals surface area contributed by atoms with Crippen molar-refractivity contribution >= 4 is 11.9 Å². The molecule has 0 N–H and O–H groups in total. The third-order valence-electron chi connectivity index (χ3n) is 5.06. The van der Waals surface area contributed by atoms with Gasteiger partial charge in [-0.2, -0.15) is 0 Å². The number of ether oxygens (including phenoxy) is 2. The second-order valence-electron chi connectivity index (χ2n) is 6.71. The second kappa shape index (κ2) is 8.29. The van der Waals surface area contributed by atoms with Crippen molar-refractivity contribution in [3.05, 3.63) is 23.8 Å². The first-order chi connectivity index (χ1) is 12.6. The molecule has 2 fully saturated rings. The highest BCUT2D eigenvalue weighted by atomic mass is 16.5. The third-order valence-corrected chi connectivity index (χ3v) is 5.06. The number of methoxy groups -OCH3 is 2. The van der Waals surface area contributed by atoms with Crippen LogP contribution >= 0.6 is 0 Å². The Morgan fingerprint density at radius 1 is 0.731 bits per heavy atom. The first-order valence-corrected chi connectivity index (χ1v) is 9.18. The molecule has 2 aliphatic rings. The number of urea groups is 1. The molecule has 0 radical (unpaired) electrons. The molecule has 3 rings (SSSR count). The van der Waals surface area contributed by atoms with Gasteiger partial charge in [0, 0.05) is 50.9 Å². The van der Waals surface area contributed by atoms with Crippen LogP contribution in [0.25, 0.3) is 0 Å². The molecule has 2 heterocycles. The normalized spacial score (nSPS) is 17.8. The van der Waals surface area contributed by atoms with Crippen LogP contribution in [-0.2, 0) is 0 Å². The van der Waals surface area contributed by atoms with Gasteiger partial charge in [-0.05, 0) is 31.4 Å². The van der Waals surface area contributed by atoms with E-state index in [4.69, 9.17) is 9.47 Å². The molecule has 0 spiro atoms. The first kappa shape index (κ1) is 18.4. The van der Waals surface area contributed by atoms with Crippen molar-refractivity contribution in [1.29, 1.82) is 0 Å². The monoisotopic (exact) mass is 361 g/mol. The number of nitrogens with zero attached hydrogens (tertiary/aromatic N) is 3. The predicted octanol–water partition coefficient (Wildman–Crippen LogP) is 2.07. The number of carbonyl (C=O) groups excluding carboxylic acids is 2. The average molecular weight is 361 g/mol. The zero-order valence-electron chi connectivity index (χ0n) is 15.6. The second-order valence-corrected chi connectivity index (χ2v) is 6.71. The minimum atomic E-state index is -0.0627. The van der Waals surface area contributed by atoms with Gasteiger partial charge in [-0.25, -0.2) is 4.79 Å². The van der Waals surface area contributed by atoms with Crippen molar-refractivity contribution in [1.82, 2.24) is 14.7 Å². The summed E-state index contributed by atoms with van der Waals surface area (Å²) in [6, 6.07) is 5.29. The molecule has 0 aromatic heterocycles. The summed E-state index contributed by atoms with van der Waals surface area (Å²) in [4.78, 5) is 31.0. The summed E-state index contributed by atoms with van der Waals surface area (Å²) in [7, 11) is 3.13. The smallest absolute Gasteiger partial charge is 0.320 e. The van der Waals surface area contributed by atoms with E-state index in [0.717, 1.165) is 25.9 Å². The molecule has 7 heteroatoms. The first-order valence-electron chi connectivity index (χ1n) is 9.18. The maximum Gasteiger partial charge on any atom is 0.320 e. The lowest BCUT2D eigenvalue weighted by Crippen LogP contribution is -2.54. The molecule has 3 amide bonds. The van der Waals surface area contributed by atoms with Crippen LogP contribution in [0, 0.1) is 0 Å². The van der Waals surface area contributed by atoms with Crippen LogP contribution in [0.5, 0.6) is 11.5 Å². The van der Waals surface area contributed by atoms with Gasteiger partial charge in [-0.15, -0.1) is 0 Å². The molecule has 2 aliphatic heterocycles. The lowest BCUT2D eigenvalue weighted by Gasteiger charge is -2.38. The minimum Gasteiger partial charge on any atom is -0.497 e. The van der Waals surface area contributed by atoms with Crippen molar-refractivity contribution in [3.63, 3.8) is 0 Å². The van der Waals surface area contributed by atoms with Crippen LogP contribution < -0.4 is 9.47 Å². The lowest BCUT2D eigenvalue weighted by molar-refractivity contribution is 0.0632. The largest absolute Gasteiger partial charge is 0.497 e. The van der Waals surface area contributed by atoms with E-state index in [2.05, 4.69) is 0 Å². The van der Waals surface area contributed by atoms with Crippen molar-refractivity contribution in [2.75, 3.05) is 53.5 Å². The fourth-order valence-electron chi connectivity index (χ4n) is 3.50. The van der Waals surface area contributed by atoms with E-state index >= 15 is 0 Å². The zero-order chi connectivity index (χ0) is 18.5. The van der Waals surface area contributed by atoms with Crippen molar-refractivity contribution in [3.8, 4) is 11.5 Å². The van der Waals surface area contributed by atoms with Crippen LogP contribution in [0.15, 0.2) is 18.2 Å². The van der Waals surface area contributed by atoms with E-state index in [0.29, 0.717) is 43.2 Å². The van der Waals surface area contributed by atoms with Gasteiger partial charge < -0.3 is 24.2 Å². The summed E-state index contributed by atoms with van der Waals surface area (Å²) in [5.41, 5.74) is 0.539. The number of benzene rings is 1. The Morgan fingerprint density at radius 2 is 1.23 bits per heavy atom. The Kier molecular flexibility index (Phi) is 5.85. The van der Waals surface area contributed by atoms with E-state index in [1.54, 1.807) is 37.3 Å². The number of hydrogen-bond acceptors (Lipinski definition) is 4. The maximum absolute atomic E-state index is 12.8. The maximum atomic E-state index is 12.8. The number of hydrogen-bond donors (Lipinski definition) is 0. The SMILES string of the molecule is COc1cc(OC)cc(C(=O)N2CCN(C(=O)N3CCCCC3)CC2)c1. The predicted molar refractivity (Wildman–Crippen MR) is 97.8 cm³/mol. The number of amides is 3. The van der Waals surface area contributed by atoms with Crippen LogP contribution in [0.1, 0.15) is 29.6 Å². The Balaban J connectivity index is 1.60. The summed E-state index contributed by atoms with van der Waals surface area (Å²) >= 11 is 0. The van der Waals surface area contributed by atoms with Gasteiger partial charge >= 0.3 is 6.03 Å². The molecule has 26 heavy (non-hydrogen) atoms. The fraction of sp³-hybridized carbons (Fsp3) is 0.579. The van der Waals surface area contributed by atoms with Gasteiger partial charge in [0.1, 0.15) is 11.5 Å². The number of likely N-dealkylation sites (tertiary alicyclic amines) is 1. The van der Waals surface area contributed by atoms with Gasteiger partial charge in [0.25, 0.3) is 5.91 Å². The topological polar surface area (TPSA) is 62.3 Å². The minimum absolute atomic E-state index is 0.0627.